The fourth-order valence-corrected chi connectivity index (χ4v) is 1.40. The summed E-state index contributed by atoms with van der Waals surface area (Å²) in [6.45, 7) is 1.99. The van der Waals surface area contributed by atoms with Crippen LogP contribution in [-0.4, -0.2) is 11.1 Å². The minimum absolute atomic E-state index is 0.432. The molecule has 0 aliphatic rings. The molecule has 0 spiro atoms. The first-order chi connectivity index (χ1) is 6.81. The van der Waals surface area contributed by atoms with Crippen LogP contribution in [0, 0.1) is 6.92 Å². The van der Waals surface area contributed by atoms with Gasteiger partial charge in [0.15, 0.2) is 5.82 Å². The minimum Gasteiger partial charge on any atom is -0.236 e. The van der Waals surface area contributed by atoms with Crippen molar-refractivity contribution in [1.82, 2.24) is 4.98 Å². The van der Waals surface area contributed by atoms with E-state index in [-0.39, 0.29) is 0 Å². The summed E-state index contributed by atoms with van der Waals surface area (Å²) in [5, 5.41) is 1.91. The normalized spacial score (nSPS) is 9.79. The Balaban J connectivity index is 2.83. The number of nitrogens with zero attached hydrogens (tertiary/aromatic N) is 2. The summed E-state index contributed by atoms with van der Waals surface area (Å²) in [6, 6.07) is 7.84. The summed E-state index contributed by atoms with van der Waals surface area (Å²) in [7, 11) is 0. The van der Waals surface area contributed by atoms with Gasteiger partial charge < -0.3 is 0 Å². The van der Waals surface area contributed by atoms with Gasteiger partial charge in [-0.25, -0.2) is 9.78 Å². The Kier molecular flexibility index (Phi) is 2.09. The molecule has 0 saturated heterocycles. The van der Waals surface area contributed by atoms with Gasteiger partial charge in [-0.2, -0.15) is 0 Å². The molecule has 0 fully saturated rings. The largest absolute Gasteiger partial charge is 0.242 e. The van der Waals surface area contributed by atoms with Gasteiger partial charge in [0.1, 0.15) is 0 Å². The highest BCUT2D eigenvalue weighted by molar-refractivity contribution is 5.91. The maximum absolute atomic E-state index is 10.2. The number of hydrogen-bond acceptors (Lipinski definition) is 3. The number of aliphatic imine (C=N–C) groups is 1. The molecule has 0 aliphatic carbocycles. The van der Waals surface area contributed by atoms with Crippen LogP contribution in [0.5, 0.6) is 0 Å². The van der Waals surface area contributed by atoms with Crippen molar-refractivity contribution in [1.29, 1.82) is 0 Å². The zero-order valence-corrected chi connectivity index (χ0v) is 7.69. The van der Waals surface area contributed by atoms with Crippen molar-refractivity contribution in [3.8, 4) is 0 Å². The van der Waals surface area contributed by atoms with Gasteiger partial charge in [-0.3, -0.25) is 0 Å². The van der Waals surface area contributed by atoms with Crippen LogP contribution >= 0.6 is 0 Å². The number of fused-ring (bicyclic) bond motifs is 1. The van der Waals surface area contributed by atoms with Crippen LogP contribution in [0.1, 0.15) is 5.56 Å². The summed E-state index contributed by atoms with van der Waals surface area (Å²) in [5.74, 6) is 0.432. The van der Waals surface area contributed by atoms with Crippen molar-refractivity contribution in [2.24, 2.45) is 4.99 Å². The fourth-order valence-electron chi connectivity index (χ4n) is 1.40. The highest BCUT2D eigenvalue weighted by atomic mass is 16.1. The van der Waals surface area contributed by atoms with Gasteiger partial charge in [-0.15, -0.1) is 4.99 Å². The minimum atomic E-state index is 0.432. The molecule has 0 aliphatic heterocycles. The number of benzene rings is 1. The number of aromatic nitrogens is 1. The van der Waals surface area contributed by atoms with Crippen LogP contribution in [0.25, 0.3) is 10.8 Å². The highest BCUT2D eigenvalue weighted by Gasteiger charge is 2.00. The molecule has 3 heteroatoms. The molecular formula is C11H8N2O. The Morgan fingerprint density at radius 1 is 1.36 bits per heavy atom. The predicted molar refractivity (Wildman–Crippen MR) is 54.3 cm³/mol. The first kappa shape index (κ1) is 8.60. The summed E-state index contributed by atoms with van der Waals surface area (Å²) >= 11 is 0. The van der Waals surface area contributed by atoms with Crippen LogP contribution in [-0.2, 0) is 4.79 Å². The van der Waals surface area contributed by atoms with Crippen molar-refractivity contribution in [2.75, 3.05) is 0 Å². The molecule has 0 N–H and O–H groups in total. The monoisotopic (exact) mass is 184 g/mol. The SMILES string of the molecule is Cc1ccc2ccnc(N=C=O)c2c1. The molecule has 0 saturated carbocycles. The van der Waals surface area contributed by atoms with Gasteiger partial charge in [0.2, 0.25) is 6.08 Å². The van der Waals surface area contributed by atoms with Crippen molar-refractivity contribution in [3.05, 3.63) is 36.0 Å². The van der Waals surface area contributed by atoms with E-state index in [2.05, 4.69) is 9.98 Å². The lowest BCUT2D eigenvalue weighted by Gasteiger charge is -2.00. The molecule has 3 nitrogen and oxygen atoms in total. The number of rotatable bonds is 1. The van der Waals surface area contributed by atoms with Gasteiger partial charge in [0, 0.05) is 11.6 Å². The van der Waals surface area contributed by atoms with Crippen LogP contribution < -0.4 is 0 Å². The number of aryl methyl sites for hydroxylation is 1. The van der Waals surface area contributed by atoms with Gasteiger partial charge in [-0.05, 0) is 24.4 Å². The zero-order chi connectivity index (χ0) is 9.97. The predicted octanol–water partition coefficient (Wildman–Crippen LogP) is 2.51. The molecule has 2 rings (SSSR count). The van der Waals surface area contributed by atoms with E-state index < -0.39 is 0 Å². The van der Waals surface area contributed by atoms with Crippen LogP contribution in [0.4, 0.5) is 5.82 Å². The van der Waals surface area contributed by atoms with Crippen molar-refractivity contribution in [2.45, 2.75) is 6.92 Å². The van der Waals surface area contributed by atoms with Gasteiger partial charge in [-0.1, -0.05) is 17.7 Å². The average Bonchev–Trinajstić information content (AvgIpc) is 2.19. The lowest BCUT2D eigenvalue weighted by atomic mass is 10.1. The summed E-state index contributed by atoms with van der Waals surface area (Å²) < 4.78 is 0. The third-order valence-electron chi connectivity index (χ3n) is 2.05. The number of pyridine rings is 1. The molecule has 2 aromatic rings. The Labute approximate surface area is 81.1 Å². The number of hydrogen-bond donors (Lipinski definition) is 0. The first-order valence-electron chi connectivity index (χ1n) is 4.24. The summed E-state index contributed by atoms with van der Waals surface area (Å²) in [5.41, 5.74) is 1.12. The second-order valence-corrected chi connectivity index (χ2v) is 3.06. The molecule has 0 radical (unpaired) electrons. The van der Waals surface area contributed by atoms with Gasteiger partial charge in [0.05, 0.1) is 0 Å². The van der Waals surface area contributed by atoms with E-state index in [4.69, 9.17) is 0 Å². The molecule has 0 unspecified atom stereocenters. The Morgan fingerprint density at radius 2 is 2.21 bits per heavy atom. The van der Waals surface area contributed by atoms with Crippen molar-refractivity contribution in [3.63, 3.8) is 0 Å². The van der Waals surface area contributed by atoms with E-state index in [9.17, 15) is 4.79 Å². The summed E-state index contributed by atoms with van der Waals surface area (Å²) in [4.78, 5) is 17.7. The molecule has 1 aromatic heterocycles. The van der Waals surface area contributed by atoms with E-state index >= 15 is 0 Å². The Hall–Kier alpha value is -1.99. The second kappa shape index (κ2) is 3.40. The number of carbonyl (C=O) groups excluding carboxylic acids is 1. The lowest BCUT2D eigenvalue weighted by molar-refractivity contribution is 0.565. The zero-order valence-electron chi connectivity index (χ0n) is 7.69. The lowest BCUT2D eigenvalue weighted by Crippen LogP contribution is -1.79. The molecule has 14 heavy (non-hydrogen) atoms. The van der Waals surface area contributed by atoms with E-state index in [1.54, 1.807) is 6.20 Å². The smallest absolute Gasteiger partial charge is 0.236 e. The molecule has 0 bridgehead atoms. The van der Waals surface area contributed by atoms with E-state index in [1.807, 2.05) is 31.2 Å². The standard InChI is InChI=1S/C11H8N2O/c1-8-2-3-9-4-5-12-11(13-7-14)10(9)6-8/h2-6H,1H3. The third-order valence-corrected chi connectivity index (χ3v) is 2.05. The van der Waals surface area contributed by atoms with Crippen LogP contribution in [0.15, 0.2) is 35.5 Å². The average molecular weight is 184 g/mol. The van der Waals surface area contributed by atoms with Gasteiger partial charge >= 0.3 is 0 Å². The van der Waals surface area contributed by atoms with Crippen LogP contribution in [0.3, 0.4) is 0 Å². The third kappa shape index (κ3) is 1.41. The highest BCUT2D eigenvalue weighted by Crippen LogP contribution is 2.23. The first-order valence-corrected chi connectivity index (χ1v) is 4.24. The molecule has 1 aromatic carbocycles. The van der Waals surface area contributed by atoms with E-state index in [1.165, 1.54) is 6.08 Å². The molecule has 0 amide bonds. The fraction of sp³-hybridized carbons (Fsp3) is 0.0909. The number of isocyanates is 1. The van der Waals surface area contributed by atoms with Gasteiger partial charge in [0.25, 0.3) is 0 Å². The van der Waals surface area contributed by atoms with E-state index in [0.29, 0.717) is 5.82 Å². The Morgan fingerprint density at radius 3 is 3.00 bits per heavy atom. The maximum Gasteiger partial charge on any atom is 0.242 e. The Bertz CT molecular complexity index is 528. The quantitative estimate of drug-likeness (QED) is 0.504. The molecule has 0 atom stereocenters. The second-order valence-electron chi connectivity index (χ2n) is 3.06. The van der Waals surface area contributed by atoms with Crippen LogP contribution in [0.2, 0.25) is 0 Å². The maximum atomic E-state index is 10.2. The molecular weight excluding hydrogens is 176 g/mol. The topological polar surface area (TPSA) is 42.3 Å². The van der Waals surface area contributed by atoms with E-state index in [0.717, 1.165) is 16.3 Å². The van der Waals surface area contributed by atoms with Crippen molar-refractivity contribution >= 4 is 22.7 Å². The van der Waals surface area contributed by atoms with Crippen molar-refractivity contribution < 1.29 is 4.79 Å². The summed E-state index contributed by atoms with van der Waals surface area (Å²) in [6.07, 6.45) is 3.14. The molecule has 1 heterocycles. The molecule has 68 valence electrons.